The Balaban J connectivity index is 2.08. The molecule has 0 radical (unpaired) electrons. The van der Waals surface area contributed by atoms with Crippen molar-refractivity contribution < 1.29 is 9.84 Å². The smallest absolute Gasteiger partial charge is 0.119 e. The topological polar surface area (TPSA) is 29.5 Å². The summed E-state index contributed by atoms with van der Waals surface area (Å²) in [5.41, 5.74) is 0. The zero-order valence-corrected chi connectivity index (χ0v) is 10.6. The second-order valence-electron chi connectivity index (χ2n) is 3.71. The van der Waals surface area contributed by atoms with Gasteiger partial charge in [-0.2, -0.15) is 11.8 Å². The molecule has 1 atom stereocenters. The van der Waals surface area contributed by atoms with Crippen molar-refractivity contribution in [1.82, 2.24) is 0 Å². The predicted octanol–water partition coefficient (Wildman–Crippen LogP) is 2.96. The Morgan fingerprint density at radius 3 is 2.75 bits per heavy atom. The predicted molar refractivity (Wildman–Crippen MR) is 70.2 cm³/mol. The number of aliphatic hydroxyl groups is 1. The Bertz CT molecular complexity index is 264. The fourth-order valence-corrected chi connectivity index (χ4v) is 2.25. The van der Waals surface area contributed by atoms with E-state index in [1.54, 1.807) is 11.8 Å². The van der Waals surface area contributed by atoms with Gasteiger partial charge in [-0.25, -0.2) is 0 Å². The molecule has 0 fully saturated rings. The van der Waals surface area contributed by atoms with Crippen molar-refractivity contribution in [2.75, 3.05) is 18.1 Å². The van der Waals surface area contributed by atoms with Crippen LogP contribution >= 0.6 is 11.8 Å². The lowest BCUT2D eigenvalue weighted by Gasteiger charge is -2.11. The van der Waals surface area contributed by atoms with E-state index >= 15 is 0 Å². The van der Waals surface area contributed by atoms with Crippen LogP contribution in [0.4, 0.5) is 0 Å². The third-order valence-electron chi connectivity index (χ3n) is 2.14. The van der Waals surface area contributed by atoms with Gasteiger partial charge in [0.2, 0.25) is 0 Å². The molecule has 1 aromatic carbocycles. The largest absolute Gasteiger partial charge is 0.491 e. The quantitative estimate of drug-likeness (QED) is 0.708. The molecule has 3 heteroatoms. The molecule has 1 unspecified atom stereocenters. The number of rotatable bonds is 8. The van der Waals surface area contributed by atoms with Gasteiger partial charge in [-0.05, 0) is 24.3 Å². The van der Waals surface area contributed by atoms with Gasteiger partial charge in [-0.15, -0.1) is 0 Å². The highest BCUT2D eigenvalue weighted by atomic mass is 32.2. The van der Waals surface area contributed by atoms with E-state index in [1.807, 2.05) is 30.3 Å². The van der Waals surface area contributed by atoms with Crippen molar-refractivity contribution in [2.45, 2.75) is 25.9 Å². The molecule has 0 aliphatic heterocycles. The number of ether oxygens (including phenoxy) is 1. The number of hydrogen-bond acceptors (Lipinski definition) is 3. The Labute approximate surface area is 102 Å². The molecule has 0 spiro atoms. The molecule has 2 nitrogen and oxygen atoms in total. The molecule has 0 aliphatic rings. The fraction of sp³-hybridized carbons (Fsp3) is 0.538. The summed E-state index contributed by atoms with van der Waals surface area (Å²) in [5.74, 6) is 2.70. The summed E-state index contributed by atoms with van der Waals surface area (Å²) in [6.45, 7) is 2.55. The molecule has 90 valence electrons. The van der Waals surface area contributed by atoms with Gasteiger partial charge in [0, 0.05) is 5.75 Å². The second kappa shape index (κ2) is 8.48. The maximum atomic E-state index is 9.66. The molecule has 0 aliphatic carbocycles. The van der Waals surface area contributed by atoms with Crippen LogP contribution in [0.2, 0.25) is 0 Å². The van der Waals surface area contributed by atoms with Gasteiger partial charge in [0.15, 0.2) is 0 Å². The van der Waals surface area contributed by atoms with Crippen molar-refractivity contribution in [3.05, 3.63) is 30.3 Å². The van der Waals surface area contributed by atoms with Crippen LogP contribution in [0.5, 0.6) is 5.75 Å². The van der Waals surface area contributed by atoms with Crippen molar-refractivity contribution in [3.8, 4) is 5.75 Å². The van der Waals surface area contributed by atoms with Gasteiger partial charge in [0.1, 0.15) is 12.4 Å². The average Bonchev–Trinajstić information content (AvgIpc) is 2.33. The summed E-state index contributed by atoms with van der Waals surface area (Å²) in [7, 11) is 0. The van der Waals surface area contributed by atoms with Crippen LogP contribution in [0.1, 0.15) is 19.8 Å². The SMILES string of the molecule is CCCCSCC(O)COc1ccccc1. The van der Waals surface area contributed by atoms with E-state index in [2.05, 4.69) is 6.92 Å². The van der Waals surface area contributed by atoms with Gasteiger partial charge in [-0.1, -0.05) is 31.5 Å². The fourth-order valence-electron chi connectivity index (χ4n) is 1.22. The zero-order chi connectivity index (χ0) is 11.6. The lowest BCUT2D eigenvalue weighted by molar-refractivity contribution is 0.126. The number of aliphatic hydroxyl groups excluding tert-OH is 1. The van der Waals surface area contributed by atoms with Crippen LogP contribution in [0.15, 0.2) is 30.3 Å². The standard InChI is InChI=1S/C13H20O2S/c1-2-3-9-16-11-12(14)10-15-13-7-5-4-6-8-13/h4-8,12,14H,2-3,9-11H2,1H3. The number of unbranched alkanes of at least 4 members (excludes halogenated alkanes) is 1. The van der Waals surface area contributed by atoms with Crippen molar-refractivity contribution in [1.29, 1.82) is 0 Å². The van der Waals surface area contributed by atoms with Crippen LogP contribution in [0.3, 0.4) is 0 Å². The summed E-state index contributed by atoms with van der Waals surface area (Å²) < 4.78 is 5.46. The minimum Gasteiger partial charge on any atom is -0.491 e. The van der Waals surface area contributed by atoms with Gasteiger partial charge in [0.05, 0.1) is 6.10 Å². The van der Waals surface area contributed by atoms with Gasteiger partial charge in [0.25, 0.3) is 0 Å². The second-order valence-corrected chi connectivity index (χ2v) is 4.86. The third kappa shape index (κ3) is 6.03. The number of para-hydroxylation sites is 1. The molecule has 1 N–H and O–H groups in total. The van der Waals surface area contributed by atoms with E-state index in [1.165, 1.54) is 12.8 Å². The molecular weight excluding hydrogens is 220 g/mol. The lowest BCUT2D eigenvalue weighted by Crippen LogP contribution is -2.20. The van der Waals surface area contributed by atoms with Crippen LogP contribution in [-0.4, -0.2) is 29.3 Å². The van der Waals surface area contributed by atoms with Gasteiger partial charge >= 0.3 is 0 Å². The first-order chi connectivity index (χ1) is 7.83. The van der Waals surface area contributed by atoms with E-state index in [-0.39, 0.29) is 6.10 Å². The maximum absolute atomic E-state index is 9.66. The number of benzene rings is 1. The van der Waals surface area contributed by atoms with E-state index in [0.717, 1.165) is 17.3 Å². The van der Waals surface area contributed by atoms with E-state index in [0.29, 0.717) is 6.61 Å². The van der Waals surface area contributed by atoms with Gasteiger partial charge in [-0.3, -0.25) is 0 Å². The van der Waals surface area contributed by atoms with E-state index in [9.17, 15) is 5.11 Å². The molecule has 1 aromatic rings. The monoisotopic (exact) mass is 240 g/mol. The van der Waals surface area contributed by atoms with Crippen LogP contribution < -0.4 is 4.74 Å². The molecule has 0 bridgehead atoms. The van der Waals surface area contributed by atoms with Crippen LogP contribution in [-0.2, 0) is 0 Å². The first kappa shape index (κ1) is 13.4. The minimum absolute atomic E-state index is 0.373. The Morgan fingerprint density at radius 2 is 2.06 bits per heavy atom. The summed E-state index contributed by atoms with van der Waals surface area (Å²) in [4.78, 5) is 0. The van der Waals surface area contributed by atoms with Crippen molar-refractivity contribution in [3.63, 3.8) is 0 Å². The molecular formula is C13H20O2S. The number of thioether (sulfide) groups is 1. The van der Waals surface area contributed by atoms with E-state index in [4.69, 9.17) is 4.74 Å². The summed E-state index contributed by atoms with van der Waals surface area (Å²) >= 11 is 1.79. The molecule has 0 aromatic heterocycles. The Hall–Kier alpha value is -0.670. The Morgan fingerprint density at radius 1 is 1.31 bits per heavy atom. The average molecular weight is 240 g/mol. The van der Waals surface area contributed by atoms with E-state index < -0.39 is 0 Å². The zero-order valence-electron chi connectivity index (χ0n) is 9.76. The van der Waals surface area contributed by atoms with Crippen LogP contribution in [0, 0.1) is 0 Å². The molecule has 1 rings (SSSR count). The molecule has 16 heavy (non-hydrogen) atoms. The third-order valence-corrected chi connectivity index (χ3v) is 3.34. The normalized spacial score (nSPS) is 12.4. The summed E-state index contributed by atoms with van der Waals surface area (Å²) in [5, 5.41) is 9.66. The molecule has 0 saturated heterocycles. The highest BCUT2D eigenvalue weighted by Gasteiger charge is 2.04. The lowest BCUT2D eigenvalue weighted by atomic mass is 10.3. The number of hydrogen-bond donors (Lipinski definition) is 1. The summed E-state index contributed by atoms with van der Waals surface area (Å²) in [6, 6.07) is 9.60. The van der Waals surface area contributed by atoms with Crippen molar-refractivity contribution >= 4 is 11.8 Å². The summed E-state index contributed by atoms with van der Waals surface area (Å²) in [6.07, 6.45) is 2.06. The first-order valence-corrected chi connectivity index (χ1v) is 6.92. The molecule has 0 amide bonds. The van der Waals surface area contributed by atoms with Crippen LogP contribution in [0.25, 0.3) is 0 Å². The molecule has 0 heterocycles. The minimum atomic E-state index is -0.373. The maximum Gasteiger partial charge on any atom is 0.119 e. The van der Waals surface area contributed by atoms with Gasteiger partial charge < -0.3 is 9.84 Å². The highest BCUT2D eigenvalue weighted by molar-refractivity contribution is 7.99. The molecule has 0 saturated carbocycles. The Kier molecular flexibility index (Phi) is 7.10. The first-order valence-electron chi connectivity index (χ1n) is 5.76. The highest BCUT2D eigenvalue weighted by Crippen LogP contribution is 2.10. The van der Waals surface area contributed by atoms with Crippen molar-refractivity contribution in [2.24, 2.45) is 0 Å².